The number of benzene rings is 1. The maximum Gasteiger partial charge on any atom is 0.169 e. The van der Waals surface area contributed by atoms with Gasteiger partial charge in [-0.1, -0.05) is 25.1 Å². The van der Waals surface area contributed by atoms with Crippen LogP contribution in [0, 0.1) is 5.82 Å². The van der Waals surface area contributed by atoms with Crippen LogP contribution in [0.1, 0.15) is 31.0 Å². The van der Waals surface area contributed by atoms with E-state index in [0.717, 1.165) is 5.69 Å². The number of aromatic nitrogens is 3. The molecule has 0 atom stereocenters. The first-order valence-corrected chi connectivity index (χ1v) is 6.04. The molecule has 2 N–H and O–H groups in total. The molecule has 0 aliphatic rings. The third-order valence-corrected chi connectivity index (χ3v) is 2.93. The van der Waals surface area contributed by atoms with Gasteiger partial charge in [0.1, 0.15) is 11.6 Å². The van der Waals surface area contributed by atoms with E-state index in [1.807, 2.05) is 13.8 Å². The number of hydrogen-bond donors (Lipinski definition) is 1. The number of anilines is 1. The van der Waals surface area contributed by atoms with Gasteiger partial charge in [-0.05, 0) is 12.0 Å². The minimum absolute atomic E-state index is 0.177. The van der Waals surface area contributed by atoms with Crippen molar-refractivity contribution in [2.75, 3.05) is 12.8 Å². The number of ether oxygens (including phenoxy) is 1. The molecule has 19 heavy (non-hydrogen) atoms. The summed E-state index contributed by atoms with van der Waals surface area (Å²) in [5, 5.41) is 7.80. The lowest BCUT2D eigenvalue weighted by molar-refractivity contribution is 0.410. The molecule has 1 aromatic carbocycles. The predicted octanol–water partition coefficient (Wildman–Crippen LogP) is 2.18. The van der Waals surface area contributed by atoms with Gasteiger partial charge in [0.15, 0.2) is 5.82 Å². The maximum atomic E-state index is 13.9. The first kappa shape index (κ1) is 13.3. The number of nitrogen functional groups attached to an aromatic ring is 1. The van der Waals surface area contributed by atoms with Gasteiger partial charge in [0.05, 0.1) is 19.3 Å². The quantitative estimate of drug-likeness (QED) is 0.919. The van der Waals surface area contributed by atoms with Crippen molar-refractivity contribution in [2.24, 2.45) is 0 Å². The minimum Gasteiger partial charge on any atom is -0.497 e. The third-order valence-electron chi connectivity index (χ3n) is 2.93. The number of methoxy groups -OCH3 is 1. The Morgan fingerprint density at radius 1 is 1.42 bits per heavy atom. The smallest absolute Gasteiger partial charge is 0.169 e. The van der Waals surface area contributed by atoms with Crippen LogP contribution >= 0.6 is 0 Å². The van der Waals surface area contributed by atoms with Crippen LogP contribution in [0.15, 0.2) is 18.2 Å². The van der Waals surface area contributed by atoms with Crippen LogP contribution in [-0.2, 0) is 6.54 Å². The summed E-state index contributed by atoms with van der Waals surface area (Å²) in [7, 11) is 1.50. The lowest BCUT2D eigenvalue weighted by atomic mass is 10.1. The summed E-state index contributed by atoms with van der Waals surface area (Å²) in [5.41, 5.74) is 7.11. The molecule has 0 aliphatic carbocycles. The summed E-state index contributed by atoms with van der Waals surface area (Å²) in [6, 6.07) is 4.74. The Hall–Kier alpha value is -2.11. The Morgan fingerprint density at radius 2 is 2.16 bits per heavy atom. The number of hydrogen-bond acceptors (Lipinski definition) is 4. The van der Waals surface area contributed by atoms with Gasteiger partial charge < -0.3 is 10.5 Å². The lowest BCUT2D eigenvalue weighted by Crippen LogP contribution is -2.10. The van der Waals surface area contributed by atoms with Crippen molar-refractivity contribution in [3.05, 3.63) is 35.3 Å². The van der Waals surface area contributed by atoms with E-state index in [1.54, 1.807) is 16.8 Å². The van der Waals surface area contributed by atoms with Gasteiger partial charge in [-0.3, -0.25) is 0 Å². The molecule has 0 bridgehead atoms. The van der Waals surface area contributed by atoms with Gasteiger partial charge in [-0.15, -0.1) is 5.10 Å². The average molecular weight is 264 g/mol. The molecule has 1 aromatic heterocycles. The van der Waals surface area contributed by atoms with Crippen molar-refractivity contribution in [2.45, 2.75) is 26.3 Å². The summed E-state index contributed by atoms with van der Waals surface area (Å²) < 4.78 is 20.5. The summed E-state index contributed by atoms with van der Waals surface area (Å²) in [5.74, 6) is 0.729. The monoisotopic (exact) mass is 264 g/mol. The fraction of sp³-hybridized carbons (Fsp3) is 0.385. The molecule has 0 saturated heterocycles. The summed E-state index contributed by atoms with van der Waals surface area (Å²) in [4.78, 5) is 0. The molecule has 2 aromatic rings. The summed E-state index contributed by atoms with van der Waals surface area (Å²) >= 11 is 0. The van der Waals surface area contributed by atoms with Gasteiger partial charge >= 0.3 is 0 Å². The fourth-order valence-corrected chi connectivity index (χ4v) is 1.99. The van der Waals surface area contributed by atoms with Crippen LogP contribution in [0.4, 0.5) is 10.2 Å². The molecular weight excluding hydrogens is 247 g/mol. The normalized spacial score (nSPS) is 11.0. The molecule has 0 amide bonds. The van der Waals surface area contributed by atoms with Crippen LogP contribution in [0.25, 0.3) is 0 Å². The first-order chi connectivity index (χ1) is 9.02. The Labute approximate surface area is 111 Å². The van der Waals surface area contributed by atoms with Crippen LogP contribution in [0.5, 0.6) is 5.75 Å². The van der Waals surface area contributed by atoms with Crippen molar-refractivity contribution in [1.82, 2.24) is 15.0 Å². The second-order valence-corrected chi connectivity index (χ2v) is 4.63. The van der Waals surface area contributed by atoms with Gasteiger partial charge in [0, 0.05) is 11.6 Å². The standard InChI is InChI=1S/C13H17FN4O/c1-8(2)12-13(15)16-17-18(12)7-9-4-5-10(19-3)6-11(9)14/h4-6,8H,7,15H2,1-3H3. The molecule has 0 saturated carbocycles. The molecule has 0 fully saturated rings. The highest BCUT2D eigenvalue weighted by molar-refractivity contribution is 5.36. The van der Waals surface area contributed by atoms with Crippen LogP contribution in [-0.4, -0.2) is 22.1 Å². The molecule has 1 heterocycles. The van der Waals surface area contributed by atoms with Crippen LogP contribution in [0.3, 0.4) is 0 Å². The number of nitrogens with two attached hydrogens (primary N) is 1. The molecular formula is C13H17FN4O. The van der Waals surface area contributed by atoms with E-state index >= 15 is 0 Å². The second kappa shape index (κ2) is 5.26. The van der Waals surface area contributed by atoms with E-state index < -0.39 is 0 Å². The predicted molar refractivity (Wildman–Crippen MR) is 70.6 cm³/mol. The van der Waals surface area contributed by atoms with Gasteiger partial charge in [-0.25, -0.2) is 9.07 Å². The highest BCUT2D eigenvalue weighted by Crippen LogP contribution is 2.22. The maximum absolute atomic E-state index is 13.9. The Kier molecular flexibility index (Phi) is 3.69. The zero-order chi connectivity index (χ0) is 14.0. The van der Waals surface area contributed by atoms with E-state index in [0.29, 0.717) is 23.7 Å². The average Bonchev–Trinajstić information content (AvgIpc) is 2.73. The summed E-state index contributed by atoms with van der Waals surface area (Å²) in [6.07, 6.45) is 0. The molecule has 0 spiro atoms. The number of halogens is 1. The molecule has 5 nitrogen and oxygen atoms in total. The number of rotatable bonds is 4. The highest BCUT2D eigenvalue weighted by atomic mass is 19.1. The lowest BCUT2D eigenvalue weighted by Gasteiger charge is -2.10. The third kappa shape index (κ3) is 2.67. The Bertz CT molecular complexity index is 580. The Morgan fingerprint density at radius 3 is 2.74 bits per heavy atom. The van der Waals surface area contributed by atoms with Gasteiger partial charge in [-0.2, -0.15) is 0 Å². The van der Waals surface area contributed by atoms with Gasteiger partial charge in [0.2, 0.25) is 0 Å². The zero-order valence-electron chi connectivity index (χ0n) is 11.2. The van der Waals surface area contributed by atoms with Crippen LogP contribution < -0.4 is 10.5 Å². The van der Waals surface area contributed by atoms with Crippen LogP contribution in [0.2, 0.25) is 0 Å². The van der Waals surface area contributed by atoms with Crippen molar-refractivity contribution in [1.29, 1.82) is 0 Å². The van der Waals surface area contributed by atoms with E-state index in [-0.39, 0.29) is 11.7 Å². The molecule has 0 radical (unpaired) electrons. The van der Waals surface area contributed by atoms with Gasteiger partial charge in [0.25, 0.3) is 0 Å². The highest BCUT2D eigenvalue weighted by Gasteiger charge is 2.15. The van der Waals surface area contributed by atoms with E-state index in [2.05, 4.69) is 10.3 Å². The number of nitrogens with zero attached hydrogens (tertiary/aromatic N) is 3. The molecule has 0 unspecified atom stereocenters. The molecule has 0 aliphatic heterocycles. The SMILES string of the molecule is COc1ccc(Cn2nnc(N)c2C(C)C)c(F)c1. The first-order valence-electron chi connectivity index (χ1n) is 6.04. The Balaban J connectivity index is 2.31. The van der Waals surface area contributed by atoms with Crippen molar-refractivity contribution in [3.8, 4) is 5.75 Å². The molecule has 2 rings (SSSR count). The second-order valence-electron chi connectivity index (χ2n) is 4.63. The van der Waals surface area contributed by atoms with Crippen molar-refractivity contribution < 1.29 is 9.13 Å². The summed E-state index contributed by atoms with van der Waals surface area (Å²) in [6.45, 7) is 4.29. The largest absolute Gasteiger partial charge is 0.497 e. The molecule has 102 valence electrons. The van der Waals surface area contributed by atoms with E-state index in [9.17, 15) is 4.39 Å². The topological polar surface area (TPSA) is 66.0 Å². The van der Waals surface area contributed by atoms with E-state index in [1.165, 1.54) is 13.2 Å². The fourth-order valence-electron chi connectivity index (χ4n) is 1.99. The molecule has 6 heteroatoms. The van der Waals surface area contributed by atoms with Crippen molar-refractivity contribution >= 4 is 5.82 Å². The zero-order valence-corrected chi connectivity index (χ0v) is 11.2. The van der Waals surface area contributed by atoms with Crippen molar-refractivity contribution in [3.63, 3.8) is 0 Å². The van der Waals surface area contributed by atoms with E-state index in [4.69, 9.17) is 10.5 Å². The minimum atomic E-state index is -0.330.